The largest absolute Gasteiger partial charge is 0.486 e. The molecule has 0 radical (unpaired) electrons. The van der Waals surface area contributed by atoms with E-state index in [9.17, 15) is 8.78 Å². The van der Waals surface area contributed by atoms with Crippen LogP contribution in [0.15, 0.2) is 30.9 Å². The van der Waals surface area contributed by atoms with E-state index in [1.807, 2.05) is 0 Å². The Kier molecular flexibility index (Phi) is 6.04. The second-order valence-corrected chi connectivity index (χ2v) is 7.88. The second-order valence-electron chi connectivity index (χ2n) is 7.88. The van der Waals surface area contributed by atoms with Gasteiger partial charge in [-0.1, -0.05) is 38.1 Å². The third-order valence-electron chi connectivity index (χ3n) is 5.77. The summed E-state index contributed by atoms with van der Waals surface area (Å²) in [7, 11) is 0. The summed E-state index contributed by atoms with van der Waals surface area (Å²) >= 11 is 0. The van der Waals surface area contributed by atoms with Crippen molar-refractivity contribution >= 4 is 0 Å². The van der Waals surface area contributed by atoms with Crippen molar-refractivity contribution in [1.82, 2.24) is 0 Å². The number of fused-ring (bicyclic) bond motifs is 2. The molecule has 2 aliphatic heterocycles. The van der Waals surface area contributed by atoms with Gasteiger partial charge in [0, 0.05) is 23.1 Å². The van der Waals surface area contributed by atoms with Crippen LogP contribution in [0.1, 0.15) is 55.4 Å². The average Bonchev–Trinajstić information content (AvgIpc) is 2.76. The molecule has 0 saturated carbocycles. The lowest BCUT2D eigenvalue weighted by Crippen LogP contribution is -2.21. The average molecular weight is 418 g/mol. The van der Waals surface area contributed by atoms with E-state index in [0.717, 1.165) is 25.7 Å². The molecule has 3 nitrogen and oxygen atoms in total. The molecule has 0 spiro atoms. The molecule has 2 aromatic rings. The third kappa shape index (κ3) is 3.81. The summed E-state index contributed by atoms with van der Waals surface area (Å²) in [6.45, 7) is 6.29. The summed E-state index contributed by atoms with van der Waals surface area (Å²) in [6.07, 6.45) is 5.20. The van der Waals surface area contributed by atoms with E-state index < -0.39 is 17.5 Å². The van der Waals surface area contributed by atoms with Crippen LogP contribution in [0, 0.1) is 23.4 Å². The maximum atomic E-state index is 15.3. The molecule has 0 N–H and O–H groups in total. The summed E-state index contributed by atoms with van der Waals surface area (Å²) in [5, 5.41) is 0. The van der Waals surface area contributed by atoms with E-state index in [0.29, 0.717) is 29.2 Å². The van der Waals surface area contributed by atoms with Gasteiger partial charge in [0.25, 0.3) is 0 Å². The Bertz CT molecular complexity index is 949. The monoisotopic (exact) mass is 418 g/mol. The number of hydrogen-bond acceptors (Lipinski definition) is 3. The first kappa shape index (κ1) is 20.8. The van der Waals surface area contributed by atoms with Crippen LogP contribution in [0.25, 0.3) is 0 Å². The van der Waals surface area contributed by atoms with Crippen LogP contribution in [0.2, 0.25) is 0 Å². The molecule has 0 amide bonds. The molecule has 2 aliphatic rings. The molecule has 2 atom stereocenters. The zero-order chi connectivity index (χ0) is 21.3. The Morgan fingerprint density at radius 3 is 2.60 bits per heavy atom. The molecule has 1 saturated heterocycles. The van der Waals surface area contributed by atoms with Crippen LogP contribution in [0.4, 0.5) is 13.2 Å². The van der Waals surface area contributed by atoms with Gasteiger partial charge in [-0.2, -0.15) is 8.78 Å². The lowest BCUT2D eigenvalue weighted by Gasteiger charge is -2.30. The molecule has 0 bridgehead atoms. The number of halogens is 3. The van der Waals surface area contributed by atoms with E-state index in [2.05, 4.69) is 13.5 Å². The first-order valence-corrected chi connectivity index (χ1v) is 10.4. The number of benzene rings is 2. The highest BCUT2D eigenvalue weighted by Gasteiger charge is 2.31. The van der Waals surface area contributed by atoms with Crippen molar-refractivity contribution in [3.05, 3.63) is 65.0 Å². The molecule has 6 heteroatoms. The Balaban J connectivity index is 1.60. The van der Waals surface area contributed by atoms with Crippen molar-refractivity contribution < 1.29 is 27.4 Å². The SMILES string of the molecule is C=CCOc1cc2c(c(F)c1F)Oc1c(ccc(C3CCC(CCC)CO3)c1F)C2. The molecule has 0 aromatic heterocycles. The van der Waals surface area contributed by atoms with Crippen molar-refractivity contribution in [2.24, 2.45) is 5.92 Å². The summed E-state index contributed by atoms with van der Waals surface area (Å²) in [5.74, 6) is -2.97. The molecule has 2 aromatic carbocycles. The normalized spacial score (nSPS) is 20.1. The van der Waals surface area contributed by atoms with Crippen molar-refractivity contribution in [3.63, 3.8) is 0 Å². The van der Waals surface area contributed by atoms with E-state index >= 15 is 4.39 Å². The van der Waals surface area contributed by atoms with Crippen LogP contribution in [-0.4, -0.2) is 13.2 Å². The molecule has 1 fully saturated rings. The minimum atomic E-state index is -1.18. The highest BCUT2D eigenvalue weighted by atomic mass is 19.2. The van der Waals surface area contributed by atoms with Crippen LogP contribution >= 0.6 is 0 Å². The fourth-order valence-corrected chi connectivity index (χ4v) is 4.24. The van der Waals surface area contributed by atoms with Gasteiger partial charge >= 0.3 is 0 Å². The number of ether oxygens (including phenoxy) is 3. The molecule has 160 valence electrons. The molecule has 2 heterocycles. The molecular weight excluding hydrogens is 393 g/mol. The number of hydrogen-bond donors (Lipinski definition) is 0. The maximum absolute atomic E-state index is 15.3. The molecular formula is C24H25F3O3. The topological polar surface area (TPSA) is 27.7 Å². The highest BCUT2D eigenvalue weighted by molar-refractivity contribution is 5.55. The van der Waals surface area contributed by atoms with Gasteiger partial charge in [0.1, 0.15) is 6.61 Å². The molecule has 0 aliphatic carbocycles. The van der Waals surface area contributed by atoms with Crippen molar-refractivity contribution in [3.8, 4) is 17.2 Å². The van der Waals surface area contributed by atoms with Gasteiger partial charge in [0.15, 0.2) is 23.1 Å². The van der Waals surface area contributed by atoms with Crippen molar-refractivity contribution in [2.45, 2.75) is 45.1 Å². The van der Waals surface area contributed by atoms with Gasteiger partial charge in [-0.25, -0.2) is 4.39 Å². The summed E-state index contributed by atoms with van der Waals surface area (Å²) in [5.41, 5.74) is 1.38. The maximum Gasteiger partial charge on any atom is 0.205 e. The Morgan fingerprint density at radius 1 is 1.10 bits per heavy atom. The summed E-state index contributed by atoms with van der Waals surface area (Å²) in [6, 6.07) is 4.87. The van der Waals surface area contributed by atoms with E-state index in [1.54, 1.807) is 12.1 Å². The Hall–Kier alpha value is -2.47. The predicted molar refractivity (Wildman–Crippen MR) is 108 cm³/mol. The number of rotatable bonds is 6. The summed E-state index contributed by atoms with van der Waals surface area (Å²) in [4.78, 5) is 0. The second kappa shape index (κ2) is 8.72. The lowest BCUT2D eigenvalue weighted by atomic mass is 9.90. The van der Waals surface area contributed by atoms with Crippen molar-refractivity contribution in [1.29, 1.82) is 0 Å². The Morgan fingerprint density at radius 2 is 1.90 bits per heavy atom. The van der Waals surface area contributed by atoms with Gasteiger partial charge in [0.05, 0.1) is 12.7 Å². The first-order chi connectivity index (χ1) is 14.5. The zero-order valence-electron chi connectivity index (χ0n) is 17.0. The van der Waals surface area contributed by atoms with Crippen molar-refractivity contribution in [2.75, 3.05) is 13.2 Å². The molecule has 2 unspecified atom stereocenters. The smallest absolute Gasteiger partial charge is 0.205 e. The predicted octanol–water partition coefficient (Wildman–Crippen LogP) is 6.63. The van der Waals surface area contributed by atoms with Gasteiger partial charge in [-0.3, -0.25) is 0 Å². The third-order valence-corrected chi connectivity index (χ3v) is 5.77. The van der Waals surface area contributed by atoms with E-state index in [-0.39, 0.29) is 36.4 Å². The highest BCUT2D eigenvalue weighted by Crippen LogP contribution is 2.45. The van der Waals surface area contributed by atoms with Crippen LogP contribution < -0.4 is 9.47 Å². The van der Waals surface area contributed by atoms with Crippen LogP contribution in [0.5, 0.6) is 17.2 Å². The van der Waals surface area contributed by atoms with Gasteiger partial charge in [0.2, 0.25) is 11.6 Å². The fraction of sp³-hybridized carbons (Fsp3) is 0.417. The van der Waals surface area contributed by atoms with Gasteiger partial charge in [-0.05, 0) is 31.2 Å². The van der Waals surface area contributed by atoms with Gasteiger partial charge in [-0.15, -0.1) is 0 Å². The van der Waals surface area contributed by atoms with E-state index in [1.165, 1.54) is 12.1 Å². The van der Waals surface area contributed by atoms with E-state index in [4.69, 9.17) is 14.2 Å². The first-order valence-electron chi connectivity index (χ1n) is 10.4. The standard InChI is InChI=1S/C24H25F3O3/c1-3-5-14-6-9-18(29-13-14)17-8-7-15-11-16-12-19(28-10-4-2)21(26)22(27)24(16)30-23(15)20(17)25/h4,7-8,12,14,18H,2-3,5-6,9-11,13H2,1H3. The van der Waals surface area contributed by atoms with Crippen LogP contribution in [0.3, 0.4) is 0 Å². The van der Waals surface area contributed by atoms with Gasteiger partial charge < -0.3 is 14.2 Å². The molecule has 4 rings (SSSR count). The molecule has 30 heavy (non-hydrogen) atoms. The minimum absolute atomic E-state index is 0.0467. The minimum Gasteiger partial charge on any atom is -0.486 e. The zero-order valence-corrected chi connectivity index (χ0v) is 17.0. The lowest BCUT2D eigenvalue weighted by molar-refractivity contribution is -0.0213. The summed E-state index contributed by atoms with van der Waals surface area (Å²) < 4.78 is 60.9. The van der Waals surface area contributed by atoms with Crippen LogP contribution in [-0.2, 0) is 11.2 Å². The Labute approximate surface area is 174 Å². The quantitative estimate of drug-likeness (QED) is 0.420. The fourth-order valence-electron chi connectivity index (χ4n) is 4.24.